The van der Waals surface area contributed by atoms with Crippen molar-refractivity contribution in [3.8, 4) is 145 Å². The predicted octanol–water partition coefficient (Wildman–Crippen LogP) is 41.8. The van der Waals surface area contributed by atoms with Crippen LogP contribution in [0.4, 0.5) is 0 Å². The highest BCUT2D eigenvalue weighted by Crippen LogP contribution is 2.65. The van der Waals surface area contributed by atoms with Crippen LogP contribution in [0, 0.1) is 0 Å². The van der Waals surface area contributed by atoms with Gasteiger partial charge in [-0.2, -0.15) is 0 Å². The minimum absolute atomic E-state index is 0.0573. The molecular formula is C145H154. The Morgan fingerprint density at radius 1 is 0.138 bits per heavy atom. The summed E-state index contributed by atoms with van der Waals surface area (Å²) in [7, 11) is 0. The fourth-order valence-corrected chi connectivity index (χ4v) is 28.9. The summed E-state index contributed by atoms with van der Waals surface area (Å²) < 4.78 is 0. The summed E-state index contributed by atoms with van der Waals surface area (Å²) in [5, 5.41) is 5.50. The first-order valence-corrected chi connectivity index (χ1v) is 57.0. The van der Waals surface area contributed by atoms with E-state index < -0.39 is 0 Å². The number of aryl methyl sites for hydroxylation is 4. The van der Waals surface area contributed by atoms with Crippen LogP contribution >= 0.6 is 0 Å². The van der Waals surface area contributed by atoms with Crippen LogP contribution < -0.4 is 0 Å². The Morgan fingerprint density at radius 2 is 0.345 bits per heavy atom. The number of hydrogen-bond acceptors (Lipinski definition) is 0. The Balaban J connectivity index is 0.600. The molecule has 7 aliphatic rings. The van der Waals surface area contributed by atoms with E-state index >= 15 is 0 Å². The highest BCUT2D eigenvalue weighted by Gasteiger charge is 2.48. The van der Waals surface area contributed by atoms with Crippen molar-refractivity contribution in [3.05, 3.63) is 367 Å². The van der Waals surface area contributed by atoms with Gasteiger partial charge < -0.3 is 0 Å². The Morgan fingerprint density at radius 3 is 0.655 bits per heavy atom. The fraction of sp³-hybridized carbons (Fsp3) is 0.366. The van der Waals surface area contributed by atoms with E-state index in [9.17, 15) is 0 Å². The first-order valence-electron chi connectivity index (χ1n) is 57.0. The van der Waals surface area contributed by atoms with Gasteiger partial charge in [0.05, 0.1) is 0 Å². The molecule has 0 spiro atoms. The van der Waals surface area contributed by atoms with Crippen molar-refractivity contribution in [2.24, 2.45) is 0 Å². The lowest BCUT2D eigenvalue weighted by Crippen LogP contribution is -2.17. The van der Waals surface area contributed by atoms with Crippen molar-refractivity contribution < 1.29 is 0 Å². The van der Waals surface area contributed by atoms with Crippen LogP contribution in [0.3, 0.4) is 0 Å². The maximum atomic E-state index is 2.75. The summed E-state index contributed by atoms with van der Waals surface area (Å²) in [5.74, 6) is 0. The van der Waals surface area contributed by atoms with Gasteiger partial charge in [0.15, 0.2) is 0 Å². The van der Waals surface area contributed by atoms with E-state index in [2.05, 4.69) is 392 Å². The summed E-state index contributed by atoms with van der Waals surface area (Å²) in [4.78, 5) is 0. The van der Waals surface area contributed by atoms with E-state index in [1.807, 2.05) is 0 Å². The highest BCUT2D eigenvalue weighted by molar-refractivity contribution is 6.13. The summed E-state index contributed by atoms with van der Waals surface area (Å²) >= 11 is 0. The second-order valence-corrected chi connectivity index (χ2v) is 49.1. The average molecular weight is 1900 g/mol. The van der Waals surface area contributed by atoms with Gasteiger partial charge in [-0.05, 0) is 390 Å². The van der Waals surface area contributed by atoms with E-state index in [-0.39, 0.29) is 37.9 Å². The van der Waals surface area contributed by atoms with Crippen LogP contribution in [0.25, 0.3) is 166 Å². The average Bonchev–Trinajstić information content (AvgIpc) is 1.51. The van der Waals surface area contributed by atoms with Crippen molar-refractivity contribution in [3.63, 3.8) is 0 Å². The second-order valence-electron chi connectivity index (χ2n) is 49.1. The molecule has 0 atom stereocenters. The van der Waals surface area contributed by atoms with Crippen molar-refractivity contribution in [2.75, 3.05) is 0 Å². The Bertz CT molecular complexity index is 7410. The smallest absolute Gasteiger partial charge is 0.0159 e. The van der Waals surface area contributed by atoms with Crippen molar-refractivity contribution >= 4 is 21.5 Å². The molecule has 16 aromatic carbocycles. The minimum Gasteiger partial charge on any atom is -0.0654 e. The van der Waals surface area contributed by atoms with E-state index in [1.54, 1.807) is 0 Å². The van der Waals surface area contributed by atoms with Crippen LogP contribution in [-0.2, 0) is 63.6 Å². The lowest BCUT2D eigenvalue weighted by atomic mass is 9.78. The molecule has 0 heterocycles. The zero-order valence-electron chi connectivity index (χ0n) is 90.7. The fourth-order valence-electron chi connectivity index (χ4n) is 28.9. The van der Waals surface area contributed by atoms with Gasteiger partial charge in [0.2, 0.25) is 0 Å². The van der Waals surface area contributed by atoms with Gasteiger partial charge >= 0.3 is 0 Å². The normalized spacial score (nSPS) is 15.7. The van der Waals surface area contributed by atoms with Crippen LogP contribution in [0.2, 0.25) is 0 Å². The van der Waals surface area contributed by atoms with Gasteiger partial charge in [-0.25, -0.2) is 0 Å². The van der Waals surface area contributed by atoms with Gasteiger partial charge in [-0.1, -0.05) is 447 Å². The van der Waals surface area contributed by atoms with E-state index in [4.69, 9.17) is 0 Å². The van der Waals surface area contributed by atoms with Crippen LogP contribution in [0.1, 0.15) is 379 Å². The van der Waals surface area contributed by atoms with Crippen molar-refractivity contribution in [1.29, 1.82) is 0 Å². The molecule has 23 rings (SSSR count). The number of rotatable bonds is 34. The zero-order chi connectivity index (χ0) is 100. The molecule has 16 aromatic rings. The summed E-state index contributed by atoms with van der Waals surface area (Å²) in [6.45, 7) is 44.4. The number of hydrogen-bond donors (Lipinski definition) is 0. The van der Waals surface area contributed by atoms with Gasteiger partial charge in [0, 0.05) is 37.9 Å². The second kappa shape index (κ2) is 37.5. The van der Waals surface area contributed by atoms with Crippen LogP contribution in [-0.4, -0.2) is 0 Å². The van der Waals surface area contributed by atoms with Gasteiger partial charge in [-0.15, -0.1) is 0 Å². The molecule has 0 unspecified atom stereocenters. The molecule has 0 fully saturated rings. The number of unbranched alkanes of at least 4 members (excludes halogenated alkanes) is 20. The van der Waals surface area contributed by atoms with E-state index in [0.717, 1.165) is 25.7 Å². The Hall–Kier alpha value is -12.0. The molecule has 734 valence electrons. The molecule has 0 nitrogen and oxygen atoms in total. The molecule has 0 bridgehead atoms. The molecule has 0 saturated carbocycles. The molecule has 7 aliphatic carbocycles. The zero-order valence-corrected chi connectivity index (χ0v) is 90.7. The molecule has 0 N–H and O–H groups in total. The third-order valence-corrected chi connectivity index (χ3v) is 37.5. The maximum Gasteiger partial charge on any atom is 0.0159 e. The minimum atomic E-state index is -0.291. The topological polar surface area (TPSA) is 0 Å². The SMILES string of the molecule is CCCCCCCCc1cc(-c2cc3c(c4ccccc24)-c2cc4c(cc2C3(C)C)-c2cc3c(cc2C4(C)C)-c2c(cc(-c4cc(CCCCCCCC)c(-c5ccc6c(c5)C(C)(C)c5cc(-c7ccc8c(c7)C(C)(C)c7ccccc7-8)ccc5-6)cc4CCCCCCCC)c4ccccc24)C3(C)C)c(CCCCCCCC)cc1-c1ccc2c(c1)C(C)(C)c1cc(-c3ccc4c(c3)C(C)(C)c3ccccc3-4)ccc1-2. The third-order valence-electron chi connectivity index (χ3n) is 37.5. The quantitative estimate of drug-likeness (QED) is 0.0353. The van der Waals surface area contributed by atoms with Crippen molar-refractivity contribution in [2.45, 2.75) is 342 Å². The lowest BCUT2D eigenvalue weighted by Gasteiger charge is -2.25. The van der Waals surface area contributed by atoms with Crippen LogP contribution in [0.5, 0.6) is 0 Å². The number of benzene rings is 16. The summed E-state index contributed by atoms with van der Waals surface area (Å²) in [6, 6.07) is 109. The summed E-state index contributed by atoms with van der Waals surface area (Å²) in [5.41, 5.74) is 60.9. The van der Waals surface area contributed by atoms with E-state index in [0.29, 0.717) is 0 Å². The predicted molar refractivity (Wildman–Crippen MR) is 625 cm³/mol. The number of fused-ring (bicyclic) bond motifs is 25. The molecule has 145 heavy (non-hydrogen) atoms. The molecule has 0 amide bonds. The molecular weight excluding hydrogens is 1740 g/mol. The highest BCUT2D eigenvalue weighted by atomic mass is 14.5. The summed E-state index contributed by atoms with van der Waals surface area (Å²) in [6.07, 6.45) is 34.7. The van der Waals surface area contributed by atoms with Gasteiger partial charge in [-0.3, -0.25) is 0 Å². The third kappa shape index (κ3) is 16.0. The molecule has 0 aromatic heterocycles. The maximum absolute atomic E-state index is 2.75. The molecule has 0 aliphatic heterocycles. The Labute approximate surface area is 869 Å². The molecule has 0 radical (unpaired) electrons. The Kier molecular flexibility index (Phi) is 24.9. The van der Waals surface area contributed by atoms with Crippen LogP contribution in [0.15, 0.2) is 267 Å². The van der Waals surface area contributed by atoms with Gasteiger partial charge in [0.25, 0.3) is 0 Å². The van der Waals surface area contributed by atoms with Crippen molar-refractivity contribution in [1.82, 2.24) is 0 Å². The monoisotopic (exact) mass is 1900 g/mol. The molecule has 0 heteroatoms. The largest absolute Gasteiger partial charge is 0.0654 e. The van der Waals surface area contributed by atoms with Gasteiger partial charge in [0.1, 0.15) is 0 Å². The first-order chi connectivity index (χ1) is 70.1. The molecule has 0 saturated heterocycles. The first kappa shape index (κ1) is 96.5. The standard InChI is InChI=1S/C145H154/c1-19-23-27-31-35-39-51-95-77-115(97(53-41-37-33-29-25-21-3)75-113(95)99-67-73-109-107-71-65-93(81-127(107)141(9,10)129(109)83-99)91-63-69-105-103-57-47-49-61-123(103)139(5,6)125(105)79-91)117-85-135-137(111-59-45-43-55-101(111)117)121-89-131-119(87-133(121)144(135,15)16)120-88-134-122(90-132(120)143(131,13)14)138-112-60-46-44-56-102(112)118(86-136(138)145(134,17)18)116-78-96(52-40-36-32-28-24-20-2)114(76-98(116)54-42-38-34-30-26-22-4)100-68-74-110-108-72-66-94(82-128(108)142(11,12)130(110)84-100)92-64-70-106-104-58-48-50-62-124(104)140(7,8)126(106)80-92/h43-50,55-90H,19-42,51-54H2,1-18H3. The lowest BCUT2D eigenvalue weighted by molar-refractivity contribution is 0.606. The van der Waals surface area contributed by atoms with E-state index in [1.165, 1.54) is 420 Å².